The van der Waals surface area contributed by atoms with E-state index in [9.17, 15) is 4.39 Å². The van der Waals surface area contributed by atoms with Crippen LogP contribution in [0.3, 0.4) is 0 Å². The molecule has 1 aliphatic rings. The van der Waals surface area contributed by atoms with Gasteiger partial charge in [0.25, 0.3) is 0 Å². The average molecular weight is 518 g/mol. The van der Waals surface area contributed by atoms with Crippen LogP contribution in [0.2, 0.25) is 0 Å². The molecule has 0 spiro atoms. The molecule has 3 aromatic carbocycles. The lowest BCUT2D eigenvalue weighted by atomic mass is 10.0. The summed E-state index contributed by atoms with van der Waals surface area (Å²) in [5, 5.41) is 9.91. The fraction of sp³-hybridized carbons (Fsp3) is 0.188. The Hall–Kier alpha value is -4.49. The molecule has 194 valence electrons. The fourth-order valence-corrected chi connectivity index (χ4v) is 5.52. The van der Waals surface area contributed by atoms with Gasteiger partial charge in [-0.2, -0.15) is 5.10 Å². The fourth-order valence-electron chi connectivity index (χ4n) is 5.52. The number of hydrogen-bond acceptors (Lipinski definition) is 4. The predicted molar refractivity (Wildman–Crippen MR) is 153 cm³/mol. The molecule has 6 nitrogen and oxygen atoms in total. The second-order valence-corrected chi connectivity index (χ2v) is 10.1. The van der Waals surface area contributed by atoms with E-state index in [0.717, 1.165) is 67.7 Å². The average Bonchev–Trinajstić information content (AvgIpc) is 3.73. The first-order valence-corrected chi connectivity index (χ1v) is 13.4. The van der Waals surface area contributed by atoms with Gasteiger partial charge < -0.3 is 9.72 Å². The minimum atomic E-state index is -0.242. The highest BCUT2D eigenvalue weighted by atomic mass is 19.1. The Bertz CT molecular complexity index is 1770. The maximum atomic E-state index is 13.5. The Balaban J connectivity index is 1.20. The zero-order chi connectivity index (χ0) is 26.2. The molecule has 0 amide bonds. The van der Waals surface area contributed by atoms with Crippen molar-refractivity contribution in [1.82, 2.24) is 25.1 Å². The first kappa shape index (κ1) is 23.6. The molecule has 0 aliphatic carbocycles. The normalized spacial score (nSPS) is 14.0. The summed E-state index contributed by atoms with van der Waals surface area (Å²) in [6, 6.07) is 23.2. The first-order valence-electron chi connectivity index (χ1n) is 13.4. The molecular weight excluding hydrogens is 489 g/mol. The minimum absolute atomic E-state index is 0.242. The largest absolute Gasteiger partial charge is 0.491 e. The SMILES string of the molecule is Fc1ccc(-c2cccc3[nH]c(-c4n[nH]c5ccc(-c6cncc(OCCN7CCCC7)c6)cc45)cc23)cc1. The summed E-state index contributed by atoms with van der Waals surface area (Å²) < 4.78 is 19.5. The number of nitrogens with one attached hydrogen (secondary N) is 2. The highest BCUT2D eigenvalue weighted by Crippen LogP contribution is 2.35. The molecule has 39 heavy (non-hydrogen) atoms. The van der Waals surface area contributed by atoms with Crippen LogP contribution >= 0.6 is 0 Å². The molecular formula is C32H28FN5O. The molecule has 1 aliphatic heterocycles. The smallest absolute Gasteiger partial charge is 0.138 e. The van der Waals surface area contributed by atoms with E-state index in [1.165, 1.54) is 38.1 Å². The first-order chi connectivity index (χ1) is 19.2. The van der Waals surface area contributed by atoms with E-state index in [0.29, 0.717) is 6.61 Å². The van der Waals surface area contributed by atoms with Gasteiger partial charge in [-0.25, -0.2) is 4.39 Å². The van der Waals surface area contributed by atoms with E-state index >= 15 is 0 Å². The molecule has 0 unspecified atom stereocenters. The number of ether oxygens (including phenoxy) is 1. The zero-order valence-electron chi connectivity index (χ0n) is 21.5. The summed E-state index contributed by atoms with van der Waals surface area (Å²) >= 11 is 0. The Labute approximate surface area is 225 Å². The summed E-state index contributed by atoms with van der Waals surface area (Å²) in [5.41, 5.74) is 7.78. The number of likely N-dealkylation sites (tertiary alicyclic amines) is 1. The predicted octanol–water partition coefficient (Wildman–Crippen LogP) is 7.05. The van der Waals surface area contributed by atoms with Gasteiger partial charge in [0.15, 0.2) is 0 Å². The number of H-pyrrole nitrogens is 2. The maximum absolute atomic E-state index is 13.5. The zero-order valence-corrected chi connectivity index (χ0v) is 21.5. The number of halogens is 1. The summed E-state index contributed by atoms with van der Waals surface area (Å²) in [4.78, 5) is 10.4. The van der Waals surface area contributed by atoms with Crippen LogP contribution in [-0.2, 0) is 0 Å². The van der Waals surface area contributed by atoms with E-state index in [1.54, 1.807) is 6.20 Å². The second kappa shape index (κ2) is 10.0. The van der Waals surface area contributed by atoms with Gasteiger partial charge in [0.05, 0.1) is 17.4 Å². The van der Waals surface area contributed by atoms with E-state index in [4.69, 9.17) is 4.74 Å². The lowest BCUT2D eigenvalue weighted by Gasteiger charge is -2.15. The third kappa shape index (κ3) is 4.66. The lowest BCUT2D eigenvalue weighted by Crippen LogP contribution is -2.25. The standard InChI is InChI=1S/C32H28FN5O/c33-24-9-6-21(7-10-24)26-4-3-5-29-27(26)18-31(35-29)32-28-17-22(8-11-30(28)36-37-32)23-16-25(20-34-19-23)39-15-14-38-12-1-2-13-38/h3-11,16-20,35H,1-2,12-15H2,(H,36,37). The molecule has 6 aromatic rings. The van der Waals surface area contributed by atoms with E-state index in [-0.39, 0.29) is 5.82 Å². The lowest BCUT2D eigenvalue weighted by molar-refractivity contribution is 0.237. The van der Waals surface area contributed by atoms with Crippen molar-refractivity contribution in [2.45, 2.75) is 12.8 Å². The number of rotatable bonds is 7. The number of benzene rings is 3. The molecule has 1 saturated heterocycles. The van der Waals surface area contributed by atoms with E-state index in [1.807, 2.05) is 30.5 Å². The van der Waals surface area contributed by atoms with Crippen LogP contribution in [-0.4, -0.2) is 51.3 Å². The Kier molecular flexibility index (Phi) is 6.06. The van der Waals surface area contributed by atoms with Crippen molar-refractivity contribution in [1.29, 1.82) is 0 Å². The van der Waals surface area contributed by atoms with Crippen LogP contribution in [0.5, 0.6) is 5.75 Å². The number of aromatic amines is 2. The van der Waals surface area contributed by atoms with Gasteiger partial charge in [-0.15, -0.1) is 0 Å². The molecule has 0 bridgehead atoms. The van der Waals surface area contributed by atoms with Crippen molar-refractivity contribution in [2.24, 2.45) is 0 Å². The van der Waals surface area contributed by atoms with E-state index < -0.39 is 0 Å². The third-order valence-electron chi connectivity index (χ3n) is 7.56. The topological polar surface area (TPSA) is 69.8 Å². The van der Waals surface area contributed by atoms with Gasteiger partial charge in [-0.3, -0.25) is 15.0 Å². The summed E-state index contributed by atoms with van der Waals surface area (Å²) in [5.74, 6) is 0.539. The summed E-state index contributed by atoms with van der Waals surface area (Å²) in [6.45, 7) is 3.94. The molecule has 1 fully saturated rings. The van der Waals surface area contributed by atoms with Crippen LogP contribution in [0.25, 0.3) is 55.4 Å². The van der Waals surface area contributed by atoms with Crippen LogP contribution in [0, 0.1) is 5.82 Å². The second-order valence-electron chi connectivity index (χ2n) is 10.1. The number of pyridine rings is 1. The summed E-state index contributed by atoms with van der Waals surface area (Å²) in [6.07, 6.45) is 6.21. The van der Waals surface area contributed by atoms with Gasteiger partial charge in [-0.05, 0) is 85.1 Å². The van der Waals surface area contributed by atoms with Gasteiger partial charge in [0.1, 0.15) is 23.9 Å². The Morgan fingerprint density at radius 1 is 0.821 bits per heavy atom. The highest BCUT2D eigenvalue weighted by molar-refractivity contribution is 6.01. The van der Waals surface area contributed by atoms with Crippen LogP contribution in [0.1, 0.15) is 12.8 Å². The van der Waals surface area contributed by atoms with Crippen molar-refractivity contribution in [3.8, 4) is 39.4 Å². The molecule has 7 rings (SSSR count). The minimum Gasteiger partial charge on any atom is -0.491 e. The van der Waals surface area contributed by atoms with Crippen molar-refractivity contribution >= 4 is 21.8 Å². The molecule has 3 aromatic heterocycles. The monoisotopic (exact) mass is 517 g/mol. The van der Waals surface area contributed by atoms with Gasteiger partial charge in [0, 0.05) is 34.6 Å². The van der Waals surface area contributed by atoms with Crippen molar-refractivity contribution < 1.29 is 9.13 Å². The van der Waals surface area contributed by atoms with Gasteiger partial charge >= 0.3 is 0 Å². The number of fused-ring (bicyclic) bond motifs is 2. The van der Waals surface area contributed by atoms with Crippen molar-refractivity contribution in [3.05, 3.63) is 91.0 Å². The van der Waals surface area contributed by atoms with Crippen molar-refractivity contribution in [2.75, 3.05) is 26.2 Å². The highest BCUT2D eigenvalue weighted by Gasteiger charge is 2.15. The van der Waals surface area contributed by atoms with Crippen LogP contribution in [0.4, 0.5) is 4.39 Å². The summed E-state index contributed by atoms with van der Waals surface area (Å²) in [7, 11) is 0. The third-order valence-corrected chi connectivity index (χ3v) is 7.56. The van der Waals surface area contributed by atoms with Gasteiger partial charge in [0.2, 0.25) is 0 Å². The van der Waals surface area contributed by atoms with E-state index in [2.05, 4.69) is 61.5 Å². The molecule has 2 N–H and O–H groups in total. The van der Waals surface area contributed by atoms with Gasteiger partial charge in [-0.1, -0.05) is 30.3 Å². The number of aromatic nitrogens is 4. The maximum Gasteiger partial charge on any atom is 0.138 e. The van der Waals surface area contributed by atoms with Crippen LogP contribution < -0.4 is 4.74 Å². The Morgan fingerprint density at radius 2 is 1.67 bits per heavy atom. The molecule has 0 radical (unpaired) electrons. The number of nitrogens with zero attached hydrogens (tertiary/aromatic N) is 3. The molecule has 0 atom stereocenters. The Morgan fingerprint density at radius 3 is 2.54 bits per heavy atom. The van der Waals surface area contributed by atoms with Crippen molar-refractivity contribution in [3.63, 3.8) is 0 Å². The molecule has 4 heterocycles. The molecule has 0 saturated carbocycles. The van der Waals surface area contributed by atoms with Crippen LogP contribution in [0.15, 0.2) is 85.2 Å². The number of hydrogen-bond donors (Lipinski definition) is 2. The molecule has 7 heteroatoms. The quantitative estimate of drug-likeness (QED) is 0.238.